The maximum absolute atomic E-state index is 12.6. The molecule has 2 heterocycles. The Labute approximate surface area is 112 Å². The largest absolute Gasteiger partial charge is 0.342 e. The molecule has 6 heteroatoms. The molecule has 0 spiro atoms. The van der Waals surface area contributed by atoms with Crippen molar-refractivity contribution in [2.24, 2.45) is 7.05 Å². The smallest absolute Gasteiger partial charge is 0.252 e. The highest BCUT2D eigenvalue weighted by Gasteiger charge is 2.38. The molecule has 19 heavy (non-hydrogen) atoms. The van der Waals surface area contributed by atoms with Gasteiger partial charge in [-0.25, -0.2) is 0 Å². The van der Waals surface area contributed by atoms with Gasteiger partial charge in [0, 0.05) is 26.2 Å². The van der Waals surface area contributed by atoms with E-state index in [-0.39, 0.29) is 11.8 Å². The zero-order chi connectivity index (χ0) is 14.2. The maximum atomic E-state index is 12.6. The van der Waals surface area contributed by atoms with Crippen LogP contribution in [0.2, 0.25) is 0 Å². The van der Waals surface area contributed by atoms with Crippen LogP contribution in [0.3, 0.4) is 0 Å². The minimum Gasteiger partial charge on any atom is -0.342 e. The van der Waals surface area contributed by atoms with Crippen LogP contribution in [0.4, 0.5) is 5.69 Å². The summed E-state index contributed by atoms with van der Waals surface area (Å²) in [5.74, 6) is -0.191. The molecule has 0 bridgehead atoms. The first-order valence-corrected chi connectivity index (χ1v) is 6.50. The number of hydrogen-bond donors (Lipinski definition) is 1. The van der Waals surface area contributed by atoms with E-state index in [0.29, 0.717) is 13.0 Å². The molecule has 1 aliphatic rings. The van der Waals surface area contributed by atoms with Gasteiger partial charge in [0.2, 0.25) is 5.91 Å². The summed E-state index contributed by atoms with van der Waals surface area (Å²) in [6.45, 7) is 5.86. The molecule has 1 fully saturated rings. The van der Waals surface area contributed by atoms with E-state index in [1.165, 1.54) is 0 Å². The molecule has 1 saturated heterocycles. The summed E-state index contributed by atoms with van der Waals surface area (Å²) < 4.78 is 1.70. The summed E-state index contributed by atoms with van der Waals surface area (Å²) in [6.07, 6.45) is 2.90. The van der Waals surface area contributed by atoms with Gasteiger partial charge in [-0.05, 0) is 20.3 Å². The van der Waals surface area contributed by atoms with Crippen LogP contribution in [-0.2, 0) is 23.1 Å². The third-order valence-corrected chi connectivity index (χ3v) is 3.30. The second-order valence-corrected chi connectivity index (χ2v) is 5.37. The Morgan fingerprint density at radius 1 is 1.42 bits per heavy atom. The Hall–Kier alpha value is -1.85. The van der Waals surface area contributed by atoms with Crippen LogP contribution in [-0.4, -0.2) is 33.7 Å². The second-order valence-electron chi connectivity index (χ2n) is 5.37. The average molecular weight is 264 g/mol. The molecule has 1 aromatic rings. The van der Waals surface area contributed by atoms with Crippen LogP contribution in [0.1, 0.15) is 32.9 Å². The molecule has 104 valence electrons. The summed E-state index contributed by atoms with van der Waals surface area (Å²) in [7, 11) is 1.83. The van der Waals surface area contributed by atoms with E-state index in [1.54, 1.807) is 23.4 Å². The predicted octanol–water partition coefficient (Wildman–Crippen LogP) is 0.614. The van der Waals surface area contributed by atoms with Crippen LogP contribution in [0.15, 0.2) is 6.20 Å². The number of rotatable bonds is 2. The molecule has 0 aliphatic carbocycles. The lowest BCUT2D eigenvalue weighted by atomic mass is 10.0. The lowest BCUT2D eigenvalue weighted by molar-refractivity contribution is -0.128. The minimum atomic E-state index is -0.881. The number of hydrogen-bond acceptors (Lipinski definition) is 3. The maximum Gasteiger partial charge on any atom is 0.252 e. The van der Waals surface area contributed by atoms with Gasteiger partial charge >= 0.3 is 0 Å². The van der Waals surface area contributed by atoms with Crippen LogP contribution in [0.5, 0.6) is 0 Å². The number of nitrogens with one attached hydrogen (secondary N) is 1. The average Bonchev–Trinajstić information content (AvgIpc) is 2.65. The fraction of sp³-hybridized carbons (Fsp3) is 0.615. The molecule has 2 amide bonds. The van der Waals surface area contributed by atoms with Crippen molar-refractivity contribution in [3.63, 3.8) is 0 Å². The van der Waals surface area contributed by atoms with Crippen LogP contribution in [0.25, 0.3) is 0 Å². The summed E-state index contributed by atoms with van der Waals surface area (Å²) in [5, 5.41) is 7.11. The number of nitrogens with zero attached hydrogens (tertiary/aromatic N) is 3. The van der Waals surface area contributed by atoms with Crippen LogP contribution < -0.4 is 10.2 Å². The van der Waals surface area contributed by atoms with Crippen molar-refractivity contribution in [3.05, 3.63) is 11.9 Å². The van der Waals surface area contributed by atoms with E-state index in [2.05, 4.69) is 10.4 Å². The van der Waals surface area contributed by atoms with Gasteiger partial charge in [0.15, 0.2) is 0 Å². The SMILES string of the molecule is CCc1nn(C)cc1N1CCC(=O)NC(C)(C)C1=O. The molecule has 0 radical (unpaired) electrons. The van der Waals surface area contributed by atoms with Gasteiger partial charge in [0.25, 0.3) is 5.91 Å². The third-order valence-electron chi connectivity index (χ3n) is 3.30. The molecular formula is C13H20N4O2. The van der Waals surface area contributed by atoms with E-state index in [9.17, 15) is 9.59 Å². The van der Waals surface area contributed by atoms with Gasteiger partial charge in [-0.1, -0.05) is 6.92 Å². The van der Waals surface area contributed by atoms with Gasteiger partial charge in [0.1, 0.15) is 5.54 Å². The van der Waals surface area contributed by atoms with Gasteiger partial charge in [-0.2, -0.15) is 5.10 Å². The highest BCUT2D eigenvalue weighted by atomic mass is 16.2. The fourth-order valence-corrected chi connectivity index (χ4v) is 2.35. The molecule has 2 rings (SSSR count). The summed E-state index contributed by atoms with van der Waals surface area (Å²) in [6, 6.07) is 0. The van der Waals surface area contributed by atoms with Gasteiger partial charge in [0.05, 0.1) is 11.4 Å². The van der Waals surface area contributed by atoms with Crippen molar-refractivity contribution in [2.45, 2.75) is 39.2 Å². The molecule has 1 aromatic heterocycles. The van der Waals surface area contributed by atoms with E-state index < -0.39 is 5.54 Å². The first-order chi connectivity index (χ1) is 8.85. The third kappa shape index (κ3) is 2.47. The quantitative estimate of drug-likeness (QED) is 0.851. The molecule has 6 nitrogen and oxygen atoms in total. The first kappa shape index (κ1) is 13.6. The highest BCUT2D eigenvalue weighted by molar-refractivity contribution is 6.03. The number of amides is 2. The Balaban J connectivity index is 2.42. The number of anilines is 1. The molecule has 0 aromatic carbocycles. The number of carbonyl (C=O) groups excluding carboxylic acids is 2. The normalized spacial score (nSPS) is 19.3. The Morgan fingerprint density at radius 3 is 2.74 bits per heavy atom. The molecule has 0 unspecified atom stereocenters. The first-order valence-electron chi connectivity index (χ1n) is 6.50. The lowest BCUT2D eigenvalue weighted by Crippen LogP contribution is -2.53. The van der Waals surface area contributed by atoms with E-state index in [4.69, 9.17) is 0 Å². The molecule has 0 atom stereocenters. The molecule has 0 saturated carbocycles. The van der Waals surface area contributed by atoms with Crippen molar-refractivity contribution < 1.29 is 9.59 Å². The van der Waals surface area contributed by atoms with Gasteiger partial charge in [-0.15, -0.1) is 0 Å². The van der Waals surface area contributed by atoms with E-state index in [1.807, 2.05) is 20.2 Å². The Kier molecular flexibility index (Phi) is 3.34. The summed E-state index contributed by atoms with van der Waals surface area (Å²) in [5.41, 5.74) is 0.801. The van der Waals surface area contributed by atoms with Gasteiger partial charge < -0.3 is 10.2 Å². The predicted molar refractivity (Wildman–Crippen MR) is 71.8 cm³/mol. The van der Waals surface area contributed by atoms with Gasteiger partial charge in [-0.3, -0.25) is 14.3 Å². The summed E-state index contributed by atoms with van der Waals surface area (Å²) >= 11 is 0. The van der Waals surface area contributed by atoms with E-state index in [0.717, 1.165) is 17.8 Å². The van der Waals surface area contributed by atoms with Crippen molar-refractivity contribution in [3.8, 4) is 0 Å². The Bertz CT molecular complexity index is 519. The Morgan fingerprint density at radius 2 is 2.11 bits per heavy atom. The van der Waals surface area contributed by atoms with Crippen molar-refractivity contribution in [2.75, 3.05) is 11.4 Å². The van der Waals surface area contributed by atoms with Crippen LogP contribution in [0, 0.1) is 0 Å². The highest BCUT2D eigenvalue weighted by Crippen LogP contribution is 2.24. The lowest BCUT2D eigenvalue weighted by Gasteiger charge is -2.28. The fourth-order valence-electron chi connectivity index (χ4n) is 2.35. The monoisotopic (exact) mass is 264 g/mol. The zero-order valence-electron chi connectivity index (χ0n) is 11.9. The summed E-state index contributed by atoms with van der Waals surface area (Å²) in [4.78, 5) is 25.9. The van der Waals surface area contributed by atoms with Crippen molar-refractivity contribution in [1.82, 2.24) is 15.1 Å². The second kappa shape index (κ2) is 4.68. The standard InChI is InChI=1S/C13H20N4O2/c1-5-9-10(8-16(4)15-9)17-7-6-11(18)14-13(2,3)12(17)19/h8H,5-7H2,1-4H3,(H,14,18). The molecule has 1 aliphatic heterocycles. The minimum absolute atomic E-state index is 0.0946. The van der Waals surface area contributed by atoms with E-state index >= 15 is 0 Å². The molecule has 1 N–H and O–H groups in total. The van der Waals surface area contributed by atoms with Crippen molar-refractivity contribution >= 4 is 17.5 Å². The van der Waals surface area contributed by atoms with Crippen molar-refractivity contribution in [1.29, 1.82) is 0 Å². The van der Waals surface area contributed by atoms with Crippen LogP contribution >= 0.6 is 0 Å². The topological polar surface area (TPSA) is 67.2 Å². The number of carbonyl (C=O) groups is 2. The zero-order valence-corrected chi connectivity index (χ0v) is 11.9. The number of aromatic nitrogens is 2. The number of aryl methyl sites for hydroxylation is 2. The molecular weight excluding hydrogens is 244 g/mol.